The number of nitrogens with zero attached hydrogens (tertiary/aromatic N) is 4. The first kappa shape index (κ1) is 17.8. The Balaban J connectivity index is 1.80. The molecular weight excluding hydrogens is 338 g/mol. The molecule has 2 heterocycles. The molecule has 0 saturated carbocycles. The molecule has 6 heteroatoms. The van der Waals surface area contributed by atoms with Crippen LogP contribution in [0.1, 0.15) is 36.8 Å². The van der Waals surface area contributed by atoms with E-state index in [-0.39, 0.29) is 11.6 Å². The number of nitrogens with one attached hydrogen (secondary N) is 1. The number of ether oxygens (including phenoxy) is 1. The molecule has 27 heavy (non-hydrogen) atoms. The molecular formula is C21H26N5O+. The fourth-order valence-electron chi connectivity index (χ4n) is 3.93. The number of aromatic nitrogens is 4. The number of tetrazole rings is 1. The van der Waals surface area contributed by atoms with E-state index < -0.39 is 0 Å². The van der Waals surface area contributed by atoms with Crippen LogP contribution in [-0.2, 0) is 10.3 Å². The fraction of sp³-hybridized carbons (Fsp3) is 0.381. The Morgan fingerprint density at radius 1 is 0.926 bits per heavy atom. The van der Waals surface area contributed by atoms with Gasteiger partial charge in [-0.05, 0) is 35.4 Å². The highest BCUT2D eigenvalue weighted by Crippen LogP contribution is 2.28. The zero-order valence-electron chi connectivity index (χ0n) is 15.9. The molecule has 4 rings (SSSR count). The van der Waals surface area contributed by atoms with Gasteiger partial charge < -0.3 is 9.64 Å². The van der Waals surface area contributed by atoms with Crippen LogP contribution in [0.2, 0.25) is 0 Å². The molecule has 0 atom stereocenters. The van der Waals surface area contributed by atoms with Crippen LogP contribution in [0.3, 0.4) is 0 Å². The fourth-order valence-corrected chi connectivity index (χ4v) is 3.93. The predicted molar refractivity (Wildman–Crippen MR) is 102 cm³/mol. The number of quaternary nitrogens is 1. The van der Waals surface area contributed by atoms with Crippen LogP contribution in [-0.4, -0.2) is 46.5 Å². The second kappa shape index (κ2) is 7.58. The average Bonchev–Trinajstić information content (AvgIpc) is 3.21. The first-order chi connectivity index (χ1) is 13.2. The monoisotopic (exact) mass is 364 g/mol. The minimum atomic E-state index is -0.213. The Morgan fingerprint density at radius 2 is 1.48 bits per heavy atom. The Labute approximate surface area is 159 Å². The molecule has 0 amide bonds. The Kier molecular flexibility index (Phi) is 5.01. The number of hydrogen-bond acceptors (Lipinski definition) is 4. The van der Waals surface area contributed by atoms with Gasteiger partial charge in [0.2, 0.25) is 5.82 Å². The van der Waals surface area contributed by atoms with Crippen LogP contribution in [0.4, 0.5) is 0 Å². The van der Waals surface area contributed by atoms with Crippen LogP contribution >= 0.6 is 0 Å². The second-order valence-electron chi connectivity index (χ2n) is 7.51. The Morgan fingerprint density at radius 3 is 2.04 bits per heavy atom. The summed E-state index contributed by atoms with van der Waals surface area (Å²) >= 11 is 0. The molecule has 6 nitrogen and oxygen atoms in total. The maximum Gasteiger partial charge on any atom is 0.212 e. The Bertz CT molecular complexity index is 817. The van der Waals surface area contributed by atoms with Crippen LogP contribution < -0.4 is 4.90 Å². The van der Waals surface area contributed by atoms with Gasteiger partial charge in [-0.2, -0.15) is 0 Å². The van der Waals surface area contributed by atoms with E-state index in [1.165, 1.54) is 16.0 Å². The van der Waals surface area contributed by atoms with Gasteiger partial charge in [0.1, 0.15) is 19.1 Å². The van der Waals surface area contributed by atoms with E-state index in [1.54, 1.807) is 0 Å². The van der Waals surface area contributed by atoms with Crippen molar-refractivity contribution in [3.63, 3.8) is 0 Å². The third kappa shape index (κ3) is 3.50. The van der Waals surface area contributed by atoms with E-state index >= 15 is 0 Å². The van der Waals surface area contributed by atoms with Gasteiger partial charge in [0.15, 0.2) is 5.54 Å². The number of morpholine rings is 1. The van der Waals surface area contributed by atoms with E-state index in [0.29, 0.717) is 0 Å². The lowest BCUT2D eigenvalue weighted by Gasteiger charge is -2.37. The molecule has 1 saturated heterocycles. The molecule has 140 valence electrons. The summed E-state index contributed by atoms with van der Waals surface area (Å²) < 4.78 is 7.54. The van der Waals surface area contributed by atoms with Gasteiger partial charge in [0, 0.05) is 0 Å². The Hall–Kier alpha value is -2.57. The van der Waals surface area contributed by atoms with E-state index in [0.717, 1.165) is 32.1 Å². The van der Waals surface area contributed by atoms with Crippen molar-refractivity contribution in [3.05, 3.63) is 77.6 Å². The van der Waals surface area contributed by atoms with Gasteiger partial charge in [-0.1, -0.05) is 60.7 Å². The van der Waals surface area contributed by atoms with Crippen molar-refractivity contribution in [1.82, 2.24) is 20.2 Å². The zero-order valence-corrected chi connectivity index (χ0v) is 15.9. The van der Waals surface area contributed by atoms with Gasteiger partial charge in [0.05, 0.1) is 13.2 Å². The summed E-state index contributed by atoms with van der Waals surface area (Å²) in [4.78, 5) is 1.45. The molecule has 1 fully saturated rings. The van der Waals surface area contributed by atoms with Gasteiger partial charge in [0.25, 0.3) is 0 Å². The van der Waals surface area contributed by atoms with Crippen molar-refractivity contribution in [2.75, 3.05) is 26.3 Å². The topological polar surface area (TPSA) is 57.3 Å². The molecule has 1 aliphatic heterocycles. The second-order valence-corrected chi connectivity index (χ2v) is 7.51. The lowest BCUT2D eigenvalue weighted by molar-refractivity contribution is -0.964. The number of hydrogen-bond donors (Lipinski definition) is 1. The van der Waals surface area contributed by atoms with Crippen molar-refractivity contribution in [3.8, 4) is 0 Å². The van der Waals surface area contributed by atoms with Crippen molar-refractivity contribution >= 4 is 0 Å². The minimum absolute atomic E-state index is 0.0582. The normalized spacial score (nSPS) is 16.0. The average molecular weight is 364 g/mol. The molecule has 1 N–H and O–H groups in total. The summed E-state index contributed by atoms with van der Waals surface area (Å²) in [6, 6.07) is 20.8. The van der Waals surface area contributed by atoms with Crippen molar-refractivity contribution < 1.29 is 9.64 Å². The summed E-state index contributed by atoms with van der Waals surface area (Å²) in [6.07, 6.45) is 0. The minimum Gasteiger partial charge on any atom is -0.370 e. The predicted octanol–water partition coefficient (Wildman–Crippen LogP) is 1.46. The maximum absolute atomic E-state index is 5.55. The smallest absolute Gasteiger partial charge is 0.212 e. The molecule has 2 aromatic carbocycles. The molecule has 0 aliphatic carbocycles. The summed E-state index contributed by atoms with van der Waals surface area (Å²) in [5.41, 5.74) is 2.13. The van der Waals surface area contributed by atoms with Crippen LogP contribution in [0.15, 0.2) is 60.7 Å². The third-order valence-electron chi connectivity index (χ3n) is 5.51. The van der Waals surface area contributed by atoms with Crippen molar-refractivity contribution in [2.24, 2.45) is 0 Å². The molecule has 0 radical (unpaired) electrons. The highest BCUT2D eigenvalue weighted by molar-refractivity contribution is 5.32. The molecule has 0 bridgehead atoms. The first-order valence-corrected chi connectivity index (χ1v) is 9.49. The first-order valence-electron chi connectivity index (χ1n) is 9.49. The van der Waals surface area contributed by atoms with Crippen LogP contribution in [0, 0.1) is 0 Å². The largest absolute Gasteiger partial charge is 0.370 e. The van der Waals surface area contributed by atoms with Gasteiger partial charge >= 0.3 is 0 Å². The summed E-state index contributed by atoms with van der Waals surface area (Å²) in [6.45, 7) is 7.93. The molecule has 0 spiro atoms. The third-order valence-corrected chi connectivity index (χ3v) is 5.51. The van der Waals surface area contributed by atoms with Crippen LogP contribution in [0.5, 0.6) is 0 Å². The molecule has 0 unspecified atom stereocenters. The lowest BCUT2D eigenvalue weighted by atomic mass is 9.96. The standard InChI is InChI=1S/C21H25N5O/c1-21(2,25-13-15-27-16-14-25)20-22-23-24-26(20)19(17-9-5-3-6-10-17)18-11-7-4-8-12-18/h3-12,19H,13-16H2,1-2H3/p+1. The summed E-state index contributed by atoms with van der Waals surface area (Å²) in [5, 5.41) is 13.0. The molecule has 1 aromatic heterocycles. The van der Waals surface area contributed by atoms with Gasteiger partial charge in [-0.25, -0.2) is 4.68 Å². The molecule has 3 aromatic rings. The number of benzene rings is 2. The summed E-state index contributed by atoms with van der Waals surface area (Å²) in [5.74, 6) is 0.900. The van der Waals surface area contributed by atoms with Crippen molar-refractivity contribution in [2.45, 2.75) is 25.4 Å². The van der Waals surface area contributed by atoms with E-state index in [2.05, 4.69) is 77.9 Å². The SMILES string of the molecule is CC(C)(c1nnnn1C(c1ccccc1)c1ccccc1)[NH+]1CCOCC1. The quantitative estimate of drug-likeness (QED) is 0.745. The molecule has 1 aliphatic rings. The van der Waals surface area contributed by atoms with E-state index in [9.17, 15) is 0 Å². The van der Waals surface area contributed by atoms with Gasteiger partial charge in [-0.3, -0.25) is 0 Å². The summed E-state index contributed by atoms with van der Waals surface area (Å²) in [7, 11) is 0. The highest BCUT2D eigenvalue weighted by atomic mass is 16.5. The number of rotatable bonds is 5. The van der Waals surface area contributed by atoms with Crippen molar-refractivity contribution in [1.29, 1.82) is 0 Å². The maximum atomic E-state index is 5.55. The highest BCUT2D eigenvalue weighted by Gasteiger charge is 2.40. The van der Waals surface area contributed by atoms with Gasteiger partial charge in [-0.15, -0.1) is 5.10 Å². The van der Waals surface area contributed by atoms with E-state index in [1.807, 2.05) is 16.8 Å². The zero-order chi connectivity index (χ0) is 18.7. The van der Waals surface area contributed by atoms with Crippen LogP contribution in [0.25, 0.3) is 0 Å². The van der Waals surface area contributed by atoms with E-state index in [4.69, 9.17) is 4.74 Å². The lowest BCUT2D eigenvalue weighted by Crippen LogP contribution is -3.19.